The van der Waals surface area contributed by atoms with Gasteiger partial charge in [-0.3, -0.25) is 24.6 Å². The zero-order valence-corrected chi connectivity index (χ0v) is 13.6. The highest BCUT2D eigenvalue weighted by molar-refractivity contribution is 6.09. The number of nitrogens with zero attached hydrogens (tertiary/aromatic N) is 2. The van der Waals surface area contributed by atoms with Crippen molar-refractivity contribution in [3.05, 3.63) is 0 Å². The Morgan fingerprint density at radius 1 is 1.32 bits per heavy atom. The molecule has 8 nitrogen and oxygen atoms in total. The number of hydrogen-bond donors (Lipinski definition) is 2. The topological polar surface area (TPSA) is 98.8 Å². The Morgan fingerprint density at radius 3 is 2.52 bits per heavy atom. The highest BCUT2D eigenvalue weighted by Gasteiger charge is 2.68. The lowest BCUT2D eigenvalue weighted by atomic mass is 10.1. The summed E-state index contributed by atoms with van der Waals surface area (Å²) in [5, 5.41) is 3.15. The molecular weight excluding hydrogens is 345 g/mol. The molecule has 2 saturated heterocycles. The van der Waals surface area contributed by atoms with E-state index in [9.17, 15) is 32.3 Å². The van der Waals surface area contributed by atoms with Crippen molar-refractivity contribution in [3.63, 3.8) is 0 Å². The van der Waals surface area contributed by atoms with Crippen LogP contribution in [0.15, 0.2) is 0 Å². The molecule has 1 atom stereocenters. The number of alkyl halides is 3. The van der Waals surface area contributed by atoms with E-state index in [2.05, 4.69) is 0 Å². The van der Waals surface area contributed by atoms with E-state index in [1.165, 1.54) is 0 Å². The van der Waals surface area contributed by atoms with E-state index in [1.54, 1.807) is 17.6 Å². The maximum absolute atomic E-state index is 13.5. The average molecular weight is 364 g/mol. The molecule has 0 aromatic rings. The van der Waals surface area contributed by atoms with Crippen molar-refractivity contribution in [1.82, 2.24) is 20.4 Å². The van der Waals surface area contributed by atoms with Crippen LogP contribution in [0.5, 0.6) is 0 Å². The molecule has 0 aliphatic carbocycles. The monoisotopic (exact) mass is 364 g/mol. The maximum atomic E-state index is 13.5. The summed E-state index contributed by atoms with van der Waals surface area (Å²) in [4.78, 5) is 49.1. The number of amides is 5. The highest BCUT2D eigenvalue weighted by Crippen LogP contribution is 2.33. The molecule has 2 N–H and O–H groups in total. The molecule has 0 aromatic carbocycles. The van der Waals surface area contributed by atoms with E-state index in [0.29, 0.717) is 24.2 Å². The van der Waals surface area contributed by atoms with Gasteiger partial charge in [0.25, 0.3) is 11.6 Å². The van der Waals surface area contributed by atoms with Gasteiger partial charge in [0.15, 0.2) is 0 Å². The van der Waals surface area contributed by atoms with Gasteiger partial charge in [-0.1, -0.05) is 13.3 Å². The molecule has 0 unspecified atom stereocenters. The van der Waals surface area contributed by atoms with E-state index in [1.807, 2.05) is 0 Å². The van der Waals surface area contributed by atoms with Crippen LogP contribution in [0.1, 0.15) is 32.6 Å². The van der Waals surface area contributed by atoms with Crippen LogP contribution in [0, 0.1) is 0 Å². The molecular formula is C14H19F3N4O4. The molecule has 2 rings (SSSR count). The lowest BCUT2D eigenvalue weighted by Gasteiger charge is -2.30. The molecule has 140 valence electrons. The minimum Gasteiger partial charge on any atom is -0.333 e. The van der Waals surface area contributed by atoms with Crippen LogP contribution < -0.4 is 10.6 Å². The highest BCUT2D eigenvalue weighted by atomic mass is 19.4. The Kier molecular flexibility index (Phi) is 5.23. The SMILES string of the molecule is CCCCN1C(=O)N[C@@](NC(=O)CN2CCCC2=O)(C(F)(F)F)C1=O. The number of likely N-dealkylation sites (tertiary alicyclic amines) is 1. The number of unbranched alkanes of at least 4 members (excludes halogenated alkanes) is 1. The fourth-order valence-corrected chi connectivity index (χ4v) is 2.74. The predicted molar refractivity (Wildman–Crippen MR) is 77.9 cm³/mol. The largest absolute Gasteiger partial charge is 0.440 e. The molecule has 0 saturated carbocycles. The summed E-state index contributed by atoms with van der Waals surface area (Å²) in [6, 6.07) is -1.21. The molecule has 2 aliphatic rings. The lowest BCUT2D eigenvalue weighted by molar-refractivity contribution is -0.204. The average Bonchev–Trinajstić information content (AvgIpc) is 3.00. The van der Waals surface area contributed by atoms with Gasteiger partial charge in [-0.25, -0.2) is 4.79 Å². The molecule has 0 aromatic heterocycles. The van der Waals surface area contributed by atoms with Crippen molar-refractivity contribution in [2.75, 3.05) is 19.6 Å². The molecule has 5 amide bonds. The van der Waals surface area contributed by atoms with E-state index >= 15 is 0 Å². The number of urea groups is 1. The second kappa shape index (κ2) is 6.89. The summed E-state index contributed by atoms with van der Waals surface area (Å²) in [6.45, 7) is 1.23. The third-order valence-electron chi connectivity index (χ3n) is 4.10. The fourth-order valence-electron chi connectivity index (χ4n) is 2.74. The summed E-state index contributed by atoms with van der Waals surface area (Å²) < 4.78 is 40.6. The van der Waals surface area contributed by atoms with Crippen molar-refractivity contribution in [1.29, 1.82) is 0 Å². The van der Waals surface area contributed by atoms with Gasteiger partial charge >= 0.3 is 12.2 Å². The molecule has 2 aliphatic heterocycles. The van der Waals surface area contributed by atoms with Gasteiger partial charge in [0.1, 0.15) is 0 Å². The van der Waals surface area contributed by atoms with Gasteiger partial charge < -0.3 is 10.2 Å². The van der Waals surface area contributed by atoms with Crippen molar-refractivity contribution < 1.29 is 32.3 Å². The van der Waals surface area contributed by atoms with Gasteiger partial charge in [-0.2, -0.15) is 13.2 Å². The first-order valence-electron chi connectivity index (χ1n) is 7.92. The van der Waals surface area contributed by atoms with Crippen molar-refractivity contribution in [3.8, 4) is 0 Å². The van der Waals surface area contributed by atoms with Gasteiger partial charge in [0.05, 0.1) is 6.54 Å². The number of halogens is 3. The molecule has 2 heterocycles. The Balaban J connectivity index is 2.18. The number of hydrogen-bond acceptors (Lipinski definition) is 4. The van der Waals surface area contributed by atoms with Gasteiger partial charge in [-0.15, -0.1) is 0 Å². The van der Waals surface area contributed by atoms with Gasteiger partial charge in [-0.05, 0) is 12.8 Å². The Hall–Kier alpha value is -2.33. The smallest absolute Gasteiger partial charge is 0.333 e. The summed E-state index contributed by atoms with van der Waals surface area (Å²) in [7, 11) is 0. The van der Waals surface area contributed by atoms with Gasteiger partial charge in [0.2, 0.25) is 11.8 Å². The van der Waals surface area contributed by atoms with Crippen LogP contribution in [0.4, 0.5) is 18.0 Å². The quantitative estimate of drug-likeness (QED) is 0.664. The first-order valence-corrected chi connectivity index (χ1v) is 7.92. The van der Waals surface area contributed by atoms with Crippen LogP contribution in [0.2, 0.25) is 0 Å². The zero-order chi connectivity index (χ0) is 18.8. The third kappa shape index (κ3) is 3.54. The van der Waals surface area contributed by atoms with Crippen molar-refractivity contribution >= 4 is 23.8 Å². The Labute approximate surface area is 141 Å². The first-order chi connectivity index (χ1) is 11.6. The third-order valence-corrected chi connectivity index (χ3v) is 4.10. The summed E-state index contributed by atoms with van der Waals surface area (Å²) in [6.07, 6.45) is -3.59. The number of imide groups is 1. The molecule has 11 heteroatoms. The van der Waals surface area contributed by atoms with Crippen LogP contribution in [0.3, 0.4) is 0 Å². The van der Waals surface area contributed by atoms with E-state index in [-0.39, 0.29) is 25.4 Å². The van der Waals surface area contributed by atoms with Crippen LogP contribution in [-0.4, -0.2) is 65.0 Å². The molecule has 0 bridgehead atoms. The van der Waals surface area contributed by atoms with E-state index in [4.69, 9.17) is 0 Å². The lowest BCUT2D eigenvalue weighted by Crippen LogP contribution is -2.70. The molecule has 0 spiro atoms. The molecule has 25 heavy (non-hydrogen) atoms. The predicted octanol–water partition coefficient (Wildman–Crippen LogP) is 0.335. The van der Waals surface area contributed by atoms with E-state index < -0.39 is 36.2 Å². The Bertz CT molecular complexity index is 595. The summed E-state index contributed by atoms with van der Waals surface area (Å²) in [5.74, 6) is -3.08. The van der Waals surface area contributed by atoms with Crippen molar-refractivity contribution in [2.45, 2.75) is 44.4 Å². The molecule has 2 fully saturated rings. The second-order valence-electron chi connectivity index (χ2n) is 5.96. The first kappa shape index (κ1) is 19.0. The normalized spacial score (nSPS) is 24.1. The minimum absolute atomic E-state index is 0.181. The number of nitrogens with one attached hydrogen (secondary N) is 2. The number of carbonyl (C=O) groups is 4. The number of carbonyl (C=O) groups excluding carboxylic acids is 4. The van der Waals surface area contributed by atoms with Crippen molar-refractivity contribution in [2.24, 2.45) is 0 Å². The zero-order valence-electron chi connectivity index (χ0n) is 13.6. The van der Waals surface area contributed by atoms with Crippen LogP contribution in [0.25, 0.3) is 0 Å². The maximum Gasteiger partial charge on any atom is 0.440 e. The second-order valence-corrected chi connectivity index (χ2v) is 5.96. The minimum atomic E-state index is -5.23. The number of rotatable bonds is 6. The summed E-state index contributed by atoms with van der Waals surface area (Å²) in [5.41, 5.74) is -3.50. The Morgan fingerprint density at radius 2 is 2.00 bits per heavy atom. The summed E-state index contributed by atoms with van der Waals surface area (Å²) >= 11 is 0. The van der Waals surface area contributed by atoms with Crippen LogP contribution in [-0.2, 0) is 14.4 Å². The van der Waals surface area contributed by atoms with Gasteiger partial charge in [0, 0.05) is 19.5 Å². The van der Waals surface area contributed by atoms with E-state index in [0.717, 1.165) is 4.90 Å². The fraction of sp³-hybridized carbons (Fsp3) is 0.714. The van der Waals surface area contributed by atoms with Crippen LogP contribution >= 0.6 is 0 Å². The standard InChI is InChI=1S/C14H19F3N4O4/c1-2-3-7-21-11(24)13(14(15,16)17,19-12(21)25)18-9(22)8-20-6-4-5-10(20)23/h2-8H2,1H3,(H,18,22)(H,19,25)/t13-/m1/s1. The molecule has 0 radical (unpaired) electrons.